The maximum Gasteiger partial charge on any atom is 0.323 e. The van der Waals surface area contributed by atoms with Crippen LogP contribution in [0.15, 0.2) is 17.5 Å². The number of halogens is 2. The van der Waals surface area contributed by atoms with Crippen LogP contribution in [0.4, 0.5) is 20.0 Å². The SMILES string of the molecule is O=C1NCCN1c1nc(CC(=O)N2CCCc3c(Cl)ccc(F)c32)cs1. The number of hydrogen-bond acceptors (Lipinski definition) is 4. The molecule has 1 N–H and O–H groups in total. The number of nitrogens with zero attached hydrogens (tertiary/aromatic N) is 3. The predicted molar refractivity (Wildman–Crippen MR) is 98.6 cm³/mol. The minimum Gasteiger partial charge on any atom is -0.336 e. The Morgan fingerprint density at radius 3 is 3.00 bits per heavy atom. The fraction of sp³-hybridized carbons (Fsp3) is 0.353. The maximum atomic E-state index is 14.3. The number of fused-ring (bicyclic) bond motifs is 1. The summed E-state index contributed by atoms with van der Waals surface area (Å²) in [6.07, 6.45) is 1.44. The Morgan fingerprint density at radius 2 is 2.23 bits per heavy atom. The van der Waals surface area contributed by atoms with Crippen LogP contribution in [0.2, 0.25) is 5.02 Å². The van der Waals surface area contributed by atoms with Crippen molar-refractivity contribution in [3.05, 3.63) is 39.6 Å². The number of anilines is 2. The van der Waals surface area contributed by atoms with Crippen LogP contribution in [0.5, 0.6) is 0 Å². The molecule has 6 nitrogen and oxygen atoms in total. The highest BCUT2D eigenvalue weighted by atomic mass is 35.5. The van der Waals surface area contributed by atoms with Gasteiger partial charge in [0.05, 0.1) is 17.8 Å². The lowest BCUT2D eigenvalue weighted by atomic mass is 10.0. The smallest absolute Gasteiger partial charge is 0.323 e. The molecule has 0 atom stereocenters. The molecule has 0 radical (unpaired) electrons. The predicted octanol–water partition coefficient (Wildman–Crippen LogP) is 2.99. The Bertz CT molecular complexity index is 888. The lowest BCUT2D eigenvalue weighted by molar-refractivity contribution is -0.118. The van der Waals surface area contributed by atoms with Gasteiger partial charge in [-0.05, 0) is 30.5 Å². The summed E-state index contributed by atoms with van der Waals surface area (Å²) >= 11 is 7.49. The van der Waals surface area contributed by atoms with Crippen molar-refractivity contribution in [2.45, 2.75) is 19.3 Å². The van der Waals surface area contributed by atoms with E-state index >= 15 is 0 Å². The molecule has 0 bridgehead atoms. The van der Waals surface area contributed by atoms with Crippen molar-refractivity contribution in [2.24, 2.45) is 0 Å². The summed E-state index contributed by atoms with van der Waals surface area (Å²) in [7, 11) is 0. The second-order valence-corrected chi connectivity index (χ2v) is 7.43. The van der Waals surface area contributed by atoms with Crippen LogP contribution in [-0.4, -0.2) is 36.6 Å². The topological polar surface area (TPSA) is 65.5 Å². The van der Waals surface area contributed by atoms with E-state index in [1.165, 1.54) is 28.4 Å². The maximum absolute atomic E-state index is 14.3. The van der Waals surface area contributed by atoms with E-state index in [0.29, 0.717) is 47.5 Å². The Hall–Kier alpha value is -2.19. The first kappa shape index (κ1) is 17.2. The summed E-state index contributed by atoms with van der Waals surface area (Å²) in [6.45, 7) is 1.59. The molecular weight excluding hydrogens is 379 g/mol. The summed E-state index contributed by atoms with van der Waals surface area (Å²) in [5, 5.41) is 5.53. The number of urea groups is 1. The van der Waals surface area contributed by atoms with E-state index in [2.05, 4.69) is 10.3 Å². The van der Waals surface area contributed by atoms with Gasteiger partial charge in [-0.2, -0.15) is 0 Å². The zero-order valence-corrected chi connectivity index (χ0v) is 15.4. The van der Waals surface area contributed by atoms with Gasteiger partial charge in [0.2, 0.25) is 5.91 Å². The Kier molecular flexibility index (Phi) is 4.54. The number of nitrogens with one attached hydrogen (secondary N) is 1. The quantitative estimate of drug-likeness (QED) is 0.870. The second-order valence-electron chi connectivity index (χ2n) is 6.19. The molecule has 3 heterocycles. The summed E-state index contributed by atoms with van der Waals surface area (Å²) in [6, 6.07) is 2.64. The lowest BCUT2D eigenvalue weighted by Crippen LogP contribution is -2.37. The van der Waals surface area contributed by atoms with Gasteiger partial charge in [0.1, 0.15) is 5.82 Å². The van der Waals surface area contributed by atoms with Crippen LogP contribution >= 0.6 is 22.9 Å². The molecule has 2 aromatic rings. The van der Waals surface area contributed by atoms with E-state index in [9.17, 15) is 14.0 Å². The third-order valence-corrected chi connectivity index (χ3v) is 5.78. The number of carbonyl (C=O) groups excluding carboxylic acids is 2. The normalized spacial score (nSPS) is 16.6. The molecule has 4 rings (SSSR count). The van der Waals surface area contributed by atoms with E-state index in [0.717, 1.165) is 6.42 Å². The van der Waals surface area contributed by atoms with E-state index in [4.69, 9.17) is 11.6 Å². The van der Waals surface area contributed by atoms with Crippen molar-refractivity contribution in [2.75, 3.05) is 29.4 Å². The molecule has 2 aliphatic heterocycles. The Labute approximate surface area is 158 Å². The third kappa shape index (κ3) is 3.03. The average Bonchev–Trinajstić information content (AvgIpc) is 3.26. The minimum atomic E-state index is -0.440. The van der Waals surface area contributed by atoms with Gasteiger partial charge in [-0.3, -0.25) is 9.69 Å². The first-order valence-corrected chi connectivity index (χ1v) is 9.57. The first-order valence-electron chi connectivity index (χ1n) is 8.31. The van der Waals surface area contributed by atoms with Gasteiger partial charge in [-0.25, -0.2) is 14.2 Å². The van der Waals surface area contributed by atoms with Gasteiger partial charge >= 0.3 is 6.03 Å². The van der Waals surface area contributed by atoms with Crippen LogP contribution in [0.3, 0.4) is 0 Å². The van der Waals surface area contributed by atoms with Crippen LogP contribution in [-0.2, 0) is 17.6 Å². The number of aromatic nitrogens is 1. The molecule has 26 heavy (non-hydrogen) atoms. The van der Waals surface area contributed by atoms with Gasteiger partial charge in [-0.1, -0.05) is 11.6 Å². The monoisotopic (exact) mass is 394 g/mol. The molecule has 0 aliphatic carbocycles. The van der Waals surface area contributed by atoms with Crippen LogP contribution in [0.1, 0.15) is 17.7 Å². The molecule has 0 saturated carbocycles. The first-order chi connectivity index (χ1) is 12.5. The molecule has 0 spiro atoms. The number of hydrogen-bond donors (Lipinski definition) is 1. The molecule has 0 unspecified atom stereocenters. The lowest BCUT2D eigenvalue weighted by Gasteiger charge is -2.30. The number of rotatable bonds is 3. The second kappa shape index (κ2) is 6.85. The highest BCUT2D eigenvalue weighted by Gasteiger charge is 2.29. The number of amides is 3. The van der Waals surface area contributed by atoms with Crippen molar-refractivity contribution in [1.82, 2.24) is 10.3 Å². The van der Waals surface area contributed by atoms with E-state index in [1.54, 1.807) is 10.3 Å². The van der Waals surface area contributed by atoms with Crippen molar-refractivity contribution >= 4 is 45.7 Å². The molecular formula is C17H16ClFN4O2S. The van der Waals surface area contributed by atoms with Gasteiger partial charge in [0.25, 0.3) is 0 Å². The highest BCUT2D eigenvalue weighted by molar-refractivity contribution is 7.14. The molecule has 2 aliphatic rings. The van der Waals surface area contributed by atoms with E-state index in [1.807, 2.05) is 0 Å². The summed E-state index contributed by atoms with van der Waals surface area (Å²) in [5.74, 6) is -0.667. The van der Waals surface area contributed by atoms with Crippen LogP contribution < -0.4 is 15.1 Å². The third-order valence-electron chi connectivity index (χ3n) is 4.52. The van der Waals surface area contributed by atoms with Gasteiger partial charge in [-0.15, -0.1) is 11.3 Å². The van der Waals surface area contributed by atoms with Gasteiger partial charge in [0, 0.05) is 30.0 Å². The Morgan fingerprint density at radius 1 is 1.38 bits per heavy atom. The molecule has 1 aromatic heterocycles. The fourth-order valence-corrected chi connectivity index (χ4v) is 4.39. The molecule has 136 valence electrons. The molecule has 1 fully saturated rings. The van der Waals surface area contributed by atoms with E-state index in [-0.39, 0.29) is 24.0 Å². The van der Waals surface area contributed by atoms with Crippen molar-refractivity contribution in [1.29, 1.82) is 0 Å². The molecule has 1 aromatic carbocycles. The number of benzene rings is 1. The zero-order chi connectivity index (χ0) is 18.3. The van der Waals surface area contributed by atoms with Crippen molar-refractivity contribution in [3.8, 4) is 0 Å². The summed E-state index contributed by atoms with van der Waals surface area (Å²) < 4.78 is 14.3. The molecule has 9 heteroatoms. The van der Waals surface area contributed by atoms with E-state index < -0.39 is 5.82 Å². The van der Waals surface area contributed by atoms with Crippen molar-refractivity contribution < 1.29 is 14.0 Å². The fourth-order valence-electron chi connectivity index (χ4n) is 3.29. The van der Waals surface area contributed by atoms with Crippen LogP contribution in [0, 0.1) is 5.82 Å². The van der Waals surface area contributed by atoms with Crippen molar-refractivity contribution in [3.63, 3.8) is 0 Å². The summed E-state index contributed by atoms with van der Waals surface area (Å²) in [5.41, 5.74) is 1.53. The molecule has 1 saturated heterocycles. The highest BCUT2D eigenvalue weighted by Crippen LogP contribution is 2.35. The standard InChI is InChI=1S/C17H16ClFN4O2S/c18-12-3-4-13(19)15-11(12)2-1-6-22(15)14(24)8-10-9-26-17(21-10)23-7-5-20-16(23)25/h3-4,9H,1-2,5-8H2,(H,20,25). The summed E-state index contributed by atoms with van der Waals surface area (Å²) in [4.78, 5) is 31.9. The number of carbonyl (C=O) groups is 2. The Balaban J connectivity index is 1.54. The largest absolute Gasteiger partial charge is 0.336 e. The van der Waals surface area contributed by atoms with Crippen LogP contribution in [0.25, 0.3) is 0 Å². The van der Waals surface area contributed by atoms with Gasteiger partial charge in [0.15, 0.2) is 5.13 Å². The minimum absolute atomic E-state index is 0.0529. The molecule has 3 amide bonds. The average molecular weight is 395 g/mol. The van der Waals surface area contributed by atoms with Gasteiger partial charge < -0.3 is 10.2 Å². The zero-order valence-electron chi connectivity index (χ0n) is 13.8. The number of thiazole rings is 1.